The van der Waals surface area contributed by atoms with E-state index in [2.05, 4.69) is 0 Å². The molecule has 2 rings (SSSR count). The predicted molar refractivity (Wildman–Crippen MR) is 65.4 cm³/mol. The van der Waals surface area contributed by atoms with Crippen molar-refractivity contribution in [3.05, 3.63) is 54.1 Å². The topological polar surface area (TPSA) is 66.5 Å². The van der Waals surface area contributed by atoms with Crippen molar-refractivity contribution in [3.63, 3.8) is 0 Å². The van der Waals surface area contributed by atoms with Crippen LogP contribution < -0.4 is 5.73 Å². The summed E-state index contributed by atoms with van der Waals surface area (Å²) in [7, 11) is 0. The molecule has 0 saturated carbocycles. The highest BCUT2D eigenvalue weighted by Gasteiger charge is 1.95. The van der Waals surface area contributed by atoms with Crippen molar-refractivity contribution in [2.45, 2.75) is 6.92 Å². The minimum absolute atomic E-state index is 0.259. The average molecular weight is 217 g/mol. The summed E-state index contributed by atoms with van der Waals surface area (Å²) in [6.07, 6.45) is 0. The minimum Gasteiger partial charge on any atom is -0.508 e. The molecule has 4 N–H and O–H groups in total. The number of hydrogen-bond acceptors (Lipinski definition) is 3. The standard InChI is InChI=1S/C7H9NO.C6H6O/c1-5-6(8)3-2-4-7(5)9;7-6-4-2-1-3-5-6/h2-4,9H,8H2,1H3;1-5,7H. The zero-order valence-electron chi connectivity index (χ0n) is 9.09. The Bertz CT molecular complexity index is 421. The summed E-state index contributed by atoms with van der Waals surface area (Å²) in [5.41, 5.74) is 6.84. The Hall–Kier alpha value is -2.16. The van der Waals surface area contributed by atoms with Crippen LogP contribution in [0.25, 0.3) is 0 Å². The molecule has 0 aliphatic carbocycles. The Kier molecular flexibility index (Phi) is 4.21. The molecule has 0 aliphatic heterocycles. The highest BCUT2D eigenvalue weighted by Crippen LogP contribution is 2.20. The summed E-state index contributed by atoms with van der Waals surface area (Å²) < 4.78 is 0. The number of anilines is 1. The lowest BCUT2D eigenvalue weighted by atomic mass is 10.2. The molecule has 3 nitrogen and oxygen atoms in total. The predicted octanol–water partition coefficient (Wildman–Crippen LogP) is 2.68. The van der Waals surface area contributed by atoms with Gasteiger partial charge in [0.25, 0.3) is 0 Å². The Morgan fingerprint density at radius 2 is 1.50 bits per heavy atom. The van der Waals surface area contributed by atoms with Crippen LogP contribution in [0.5, 0.6) is 11.5 Å². The van der Waals surface area contributed by atoms with E-state index < -0.39 is 0 Å². The van der Waals surface area contributed by atoms with Gasteiger partial charge in [-0.1, -0.05) is 24.3 Å². The Morgan fingerprint density at radius 1 is 0.875 bits per heavy atom. The first-order chi connectivity index (χ1) is 7.61. The van der Waals surface area contributed by atoms with E-state index in [1.165, 1.54) is 0 Å². The zero-order chi connectivity index (χ0) is 12.0. The summed E-state index contributed by atoms with van der Waals surface area (Å²) >= 11 is 0. The quantitative estimate of drug-likeness (QED) is 0.594. The first-order valence-electron chi connectivity index (χ1n) is 4.89. The molecule has 3 heteroatoms. The highest BCUT2D eigenvalue weighted by atomic mass is 16.3. The van der Waals surface area contributed by atoms with E-state index >= 15 is 0 Å². The second kappa shape index (κ2) is 5.66. The van der Waals surface area contributed by atoms with Gasteiger partial charge < -0.3 is 15.9 Å². The summed E-state index contributed by atoms with van der Waals surface area (Å²) in [5.74, 6) is 0.581. The second-order valence-electron chi connectivity index (χ2n) is 3.33. The Balaban J connectivity index is 0.000000165. The van der Waals surface area contributed by atoms with Crippen LogP contribution in [0.15, 0.2) is 48.5 Å². The molecular weight excluding hydrogens is 202 g/mol. The normalized spacial score (nSPS) is 9.06. The van der Waals surface area contributed by atoms with Gasteiger partial charge in [-0.05, 0) is 31.2 Å². The van der Waals surface area contributed by atoms with Crippen molar-refractivity contribution in [3.8, 4) is 11.5 Å². The molecule has 0 unspecified atom stereocenters. The molecule has 0 aromatic heterocycles. The SMILES string of the molecule is Cc1c(N)cccc1O.Oc1ccccc1. The van der Waals surface area contributed by atoms with Crippen molar-refractivity contribution < 1.29 is 10.2 Å². The molecule has 0 atom stereocenters. The molecule has 0 amide bonds. The van der Waals surface area contributed by atoms with E-state index in [0.29, 0.717) is 11.4 Å². The summed E-state index contributed by atoms with van der Waals surface area (Å²) in [4.78, 5) is 0. The second-order valence-corrected chi connectivity index (χ2v) is 3.33. The molecule has 0 radical (unpaired) electrons. The number of benzene rings is 2. The van der Waals surface area contributed by atoms with Gasteiger partial charge in [-0.15, -0.1) is 0 Å². The fourth-order valence-corrected chi connectivity index (χ4v) is 1.07. The van der Waals surface area contributed by atoms with E-state index in [-0.39, 0.29) is 5.75 Å². The van der Waals surface area contributed by atoms with E-state index in [9.17, 15) is 0 Å². The van der Waals surface area contributed by atoms with Gasteiger partial charge in [0.15, 0.2) is 0 Å². The van der Waals surface area contributed by atoms with Gasteiger partial charge in [-0.2, -0.15) is 0 Å². The van der Waals surface area contributed by atoms with Crippen molar-refractivity contribution >= 4 is 5.69 Å². The van der Waals surface area contributed by atoms with Crippen LogP contribution in [0.2, 0.25) is 0 Å². The van der Waals surface area contributed by atoms with Crippen LogP contribution in [-0.4, -0.2) is 10.2 Å². The van der Waals surface area contributed by atoms with Crippen molar-refractivity contribution in [1.29, 1.82) is 0 Å². The van der Waals surface area contributed by atoms with E-state index in [1.54, 1.807) is 49.4 Å². The largest absolute Gasteiger partial charge is 0.508 e. The molecule has 84 valence electrons. The Morgan fingerprint density at radius 3 is 1.88 bits per heavy atom. The van der Waals surface area contributed by atoms with Gasteiger partial charge in [-0.3, -0.25) is 0 Å². The number of aromatic hydroxyl groups is 2. The molecule has 0 aliphatic rings. The molecule has 16 heavy (non-hydrogen) atoms. The number of hydrogen-bond donors (Lipinski definition) is 3. The maximum absolute atomic E-state index is 9.02. The summed E-state index contributed by atoms with van der Waals surface area (Å²) in [6.45, 7) is 1.78. The number of para-hydroxylation sites is 1. The maximum atomic E-state index is 9.02. The average Bonchev–Trinajstić information content (AvgIpc) is 2.28. The smallest absolute Gasteiger partial charge is 0.120 e. The third-order valence-corrected chi connectivity index (χ3v) is 2.10. The highest BCUT2D eigenvalue weighted by molar-refractivity contribution is 5.52. The maximum Gasteiger partial charge on any atom is 0.120 e. The summed E-state index contributed by atoms with van der Waals surface area (Å²) in [6, 6.07) is 13.8. The van der Waals surface area contributed by atoms with Gasteiger partial charge in [0.05, 0.1) is 0 Å². The minimum atomic E-state index is 0.259. The van der Waals surface area contributed by atoms with Crippen molar-refractivity contribution in [2.24, 2.45) is 0 Å². The van der Waals surface area contributed by atoms with E-state index in [0.717, 1.165) is 5.56 Å². The lowest BCUT2D eigenvalue weighted by molar-refractivity contribution is 0.471. The molecule has 0 bridgehead atoms. The fraction of sp³-hybridized carbons (Fsp3) is 0.0769. The van der Waals surface area contributed by atoms with Crippen LogP contribution in [0.4, 0.5) is 5.69 Å². The zero-order valence-corrected chi connectivity index (χ0v) is 9.09. The van der Waals surface area contributed by atoms with Crippen molar-refractivity contribution in [2.75, 3.05) is 5.73 Å². The molecule has 2 aromatic carbocycles. The third-order valence-electron chi connectivity index (χ3n) is 2.10. The molecule has 2 aromatic rings. The lowest BCUT2D eigenvalue weighted by Gasteiger charge is -1.99. The molecule has 0 heterocycles. The van der Waals surface area contributed by atoms with Gasteiger partial charge in [-0.25, -0.2) is 0 Å². The van der Waals surface area contributed by atoms with Crippen LogP contribution in [0.1, 0.15) is 5.56 Å². The lowest BCUT2D eigenvalue weighted by Crippen LogP contribution is -1.87. The molecule has 0 saturated heterocycles. The molecule has 0 fully saturated rings. The van der Waals surface area contributed by atoms with Gasteiger partial charge >= 0.3 is 0 Å². The Labute approximate surface area is 94.8 Å². The van der Waals surface area contributed by atoms with E-state index in [1.807, 2.05) is 6.07 Å². The summed E-state index contributed by atoms with van der Waals surface area (Å²) in [5, 5.41) is 17.7. The number of nitrogens with two attached hydrogens (primary N) is 1. The first kappa shape index (κ1) is 11.9. The number of nitrogen functional groups attached to an aromatic ring is 1. The molecule has 0 spiro atoms. The third kappa shape index (κ3) is 3.53. The number of phenols is 2. The van der Waals surface area contributed by atoms with Crippen LogP contribution >= 0.6 is 0 Å². The molecular formula is C13H15NO2. The van der Waals surface area contributed by atoms with Crippen LogP contribution in [0, 0.1) is 6.92 Å². The van der Waals surface area contributed by atoms with Gasteiger partial charge in [0.2, 0.25) is 0 Å². The van der Waals surface area contributed by atoms with Gasteiger partial charge in [0, 0.05) is 11.3 Å². The monoisotopic (exact) mass is 217 g/mol. The van der Waals surface area contributed by atoms with E-state index in [4.69, 9.17) is 15.9 Å². The van der Waals surface area contributed by atoms with Crippen molar-refractivity contribution in [1.82, 2.24) is 0 Å². The number of phenolic OH excluding ortho intramolecular Hbond substituents is 2. The van der Waals surface area contributed by atoms with Crippen LogP contribution in [0.3, 0.4) is 0 Å². The number of rotatable bonds is 0. The first-order valence-corrected chi connectivity index (χ1v) is 4.89. The van der Waals surface area contributed by atoms with Gasteiger partial charge in [0.1, 0.15) is 11.5 Å². The fourth-order valence-electron chi connectivity index (χ4n) is 1.07. The van der Waals surface area contributed by atoms with Crippen LogP contribution in [-0.2, 0) is 0 Å².